The van der Waals surface area contributed by atoms with E-state index in [2.05, 4.69) is 51.3 Å². The number of hydrogen-bond acceptors (Lipinski definition) is 7. The molecule has 1 aliphatic heterocycles. The van der Waals surface area contributed by atoms with Crippen molar-refractivity contribution in [2.75, 3.05) is 5.75 Å². The molecule has 0 saturated heterocycles. The highest BCUT2D eigenvalue weighted by Gasteiger charge is 2.44. The van der Waals surface area contributed by atoms with Crippen LogP contribution in [-0.2, 0) is 11.8 Å². The lowest BCUT2D eigenvalue weighted by Crippen LogP contribution is -2.32. The molecule has 9 heteroatoms. The van der Waals surface area contributed by atoms with Crippen LogP contribution in [0.15, 0.2) is 50.9 Å². The predicted octanol–water partition coefficient (Wildman–Crippen LogP) is 5.73. The van der Waals surface area contributed by atoms with Crippen molar-refractivity contribution in [2.24, 2.45) is 18.1 Å². The van der Waals surface area contributed by atoms with Gasteiger partial charge in [0.15, 0.2) is 5.16 Å². The first-order valence-electron chi connectivity index (χ1n) is 11.4. The summed E-state index contributed by atoms with van der Waals surface area (Å²) in [5, 5.41) is 20.4. The Morgan fingerprint density at radius 3 is 2.79 bits per heavy atom. The highest BCUT2D eigenvalue weighted by molar-refractivity contribution is 7.99. The van der Waals surface area contributed by atoms with Crippen LogP contribution in [0.2, 0.25) is 0 Å². The van der Waals surface area contributed by atoms with Gasteiger partial charge >= 0.3 is 0 Å². The Morgan fingerprint density at radius 2 is 2.03 bits per heavy atom. The maximum Gasteiger partial charge on any atom is 0.253 e. The van der Waals surface area contributed by atoms with Gasteiger partial charge in [0, 0.05) is 28.6 Å². The van der Waals surface area contributed by atoms with E-state index in [4.69, 9.17) is 5.10 Å². The van der Waals surface area contributed by atoms with Gasteiger partial charge in [-0.1, -0.05) is 23.9 Å². The van der Waals surface area contributed by atoms with E-state index in [-0.39, 0.29) is 17.9 Å². The van der Waals surface area contributed by atoms with Gasteiger partial charge in [-0.15, -0.1) is 32.9 Å². The zero-order valence-electron chi connectivity index (χ0n) is 18.4. The molecule has 0 radical (unpaired) electrons. The Balaban J connectivity index is 1.27. The molecular weight excluding hydrogens is 470 g/mol. The maximum atomic E-state index is 13.5. The van der Waals surface area contributed by atoms with Crippen molar-refractivity contribution in [3.05, 3.63) is 56.2 Å². The van der Waals surface area contributed by atoms with E-state index < -0.39 is 0 Å². The Morgan fingerprint density at radius 1 is 1.18 bits per heavy atom. The number of hydrogen-bond donors (Lipinski definition) is 0. The van der Waals surface area contributed by atoms with E-state index in [9.17, 15) is 4.79 Å². The number of nitrogens with zero attached hydrogens (tertiary/aromatic N) is 5. The lowest BCUT2D eigenvalue weighted by molar-refractivity contribution is -0.130. The molecule has 2 saturated carbocycles. The third-order valence-electron chi connectivity index (χ3n) is 6.59. The number of thiophene rings is 2. The SMILES string of the molecule is Cn1c(SCC(=O)N2N=C3/C(=C/c4cccs4)CCCC3C2c2cccs2)nnc1C1CC1. The largest absolute Gasteiger partial charge is 0.309 e. The van der Waals surface area contributed by atoms with Gasteiger partial charge < -0.3 is 4.57 Å². The number of carbonyl (C=O) groups is 1. The van der Waals surface area contributed by atoms with Crippen molar-refractivity contribution in [3.63, 3.8) is 0 Å². The number of thioether (sulfide) groups is 1. The molecule has 3 aromatic rings. The van der Waals surface area contributed by atoms with Crippen LogP contribution in [0.4, 0.5) is 0 Å². The van der Waals surface area contributed by atoms with Crippen LogP contribution in [0, 0.1) is 5.92 Å². The molecule has 6 rings (SSSR count). The summed E-state index contributed by atoms with van der Waals surface area (Å²) in [4.78, 5) is 15.9. The molecule has 2 fully saturated rings. The standard InChI is InChI=1S/C24H25N5OS3/c1-28-23(15-9-10-15)25-26-24(28)33-14-20(30)29-22(19-8-4-12-32-19)18-7-2-5-16(21(18)27-29)13-17-6-3-11-31-17/h3-4,6,8,11-13,15,18,22H,2,5,7,9-10,14H2,1H3/b16-13+. The second-order valence-electron chi connectivity index (χ2n) is 8.83. The van der Waals surface area contributed by atoms with E-state index in [1.54, 1.807) is 27.7 Å². The highest BCUT2D eigenvalue weighted by Crippen LogP contribution is 2.46. The fourth-order valence-electron chi connectivity index (χ4n) is 4.83. The predicted molar refractivity (Wildman–Crippen MR) is 135 cm³/mol. The smallest absolute Gasteiger partial charge is 0.253 e. The van der Waals surface area contributed by atoms with Gasteiger partial charge in [0.25, 0.3) is 5.91 Å². The summed E-state index contributed by atoms with van der Waals surface area (Å²) in [5.41, 5.74) is 2.38. The Bertz CT molecular complexity index is 1210. The number of rotatable bonds is 6. The first-order chi connectivity index (χ1) is 16.2. The van der Waals surface area contributed by atoms with Crippen molar-refractivity contribution in [2.45, 2.75) is 49.2 Å². The molecule has 4 heterocycles. The summed E-state index contributed by atoms with van der Waals surface area (Å²) in [6, 6.07) is 8.42. The van der Waals surface area contributed by atoms with Crippen LogP contribution in [0.5, 0.6) is 0 Å². The normalized spacial score (nSPS) is 23.7. The van der Waals surface area contributed by atoms with E-state index in [1.165, 1.54) is 39.9 Å². The fourth-order valence-corrected chi connectivity index (χ4v) is 7.16. The fraction of sp³-hybridized carbons (Fsp3) is 0.417. The average molecular weight is 496 g/mol. The Kier molecular flexibility index (Phi) is 5.72. The van der Waals surface area contributed by atoms with Gasteiger partial charge in [-0.25, -0.2) is 5.01 Å². The second-order valence-corrected chi connectivity index (χ2v) is 11.7. The lowest BCUT2D eigenvalue weighted by atomic mass is 9.79. The van der Waals surface area contributed by atoms with E-state index in [1.807, 2.05) is 11.6 Å². The van der Waals surface area contributed by atoms with Gasteiger partial charge in [0.05, 0.1) is 17.5 Å². The molecule has 3 aliphatic rings. The minimum absolute atomic E-state index is 0.0124. The number of fused-ring (bicyclic) bond motifs is 1. The summed E-state index contributed by atoms with van der Waals surface area (Å²) in [5.74, 6) is 2.18. The summed E-state index contributed by atoms with van der Waals surface area (Å²) >= 11 is 4.92. The molecule has 2 atom stereocenters. The number of aromatic nitrogens is 3. The van der Waals surface area contributed by atoms with E-state index in [0.717, 1.165) is 36.0 Å². The van der Waals surface area contributed by atoms with Gasteiger partial charge in [0.2, 0.25) is 0 Å². The molecular formula is C24H25N5OS3. The number of hydrazone groups is 1. The molecule has 0 aromatic carbocycles. The highest BCUT2D eigenvalue weighted by atomic mass is 32.2. The third kappa shape index (κ3) is 4.11. The van der Waals surface area contributed by atoms with Crippen LogP contribution in [0.25, 0.3) is 6.08 Å². The molecule has 33 heavy (non-hydrogen) atoms. The molecule has 3 aromatic heterocycles. The number of amides is 1. The molecule has 0 N–H and O–H groups in total. The topological polar surface area (TPSA) is 63.4 Å². The van der Waals surface area contributed by atoms with Crippen molar-refractivity contribution in [3.8, 4) is 0 Å². The average Bonchev–Trinajstić information content (AvgIpc) is 3.25. The number of carbonyl (C=O) groups excluding carboxylic acids is 1. The molecule has 1 amide bonds. The zero-order valence-corrected chi connectivity index (χ0v) is 20.8. The minimum atomic E-state index is -0.0124. The van der Waals surface area contributed by atoms with Crippen LogP contribution in [-0.4, -0.2) is 37.1 Å². The molecule has 2 aliphatic carbocycles. The summed E-state index contributed by atoms with van der Waals surface area (Å²) < 4.78 is 2.05. The van der Waals surface area contributed by atoms with E-state index >= 15 is 0 Å². The summed E-state index contributed by atoms with van der Waals surface area (Å²) in [7, 11) is 2.00. The Labute approximate surface area is 205 Å². The van der Waals surface area contributed by atoms with E-state index in [0.29, 0.717) is 11.7 Å². The monoisotopic (exact) mass is 495 g/mol. The van der Waals surface area contributed by atoms with Gasteiger partial charge in [-0.05, 0) is 66.6 Å². The van der Waals surface area contributed by atoms with Gasteiger partial charge in [0.1, 0.15) is 5.82 Å². The quantitative estimate of drug-likeness (QED) is 0.410. The molecule has 0 bridgehead atoms. The maximum absolute atomic E-state index is 13.5. The van der Waals surface area contributed by atoms with Crippen LogP contribution >= 0.6 is 34.4 Å². The first kappa shape index (κ1) is 21.3. The zero-order chi connectivity index (χ0) is 22.4. The van der Waals surface area contributed by atoms with Crippen LogP contribution in [0.3, 0.4) is 0 Å². The summed E-state index contributed by atoms with van der Waals surface area (Å²) in [6.07, 6.45) is 7.85. The Hall–Kier alpha value is -2.23. The van der Waals surface area contributed by atoms with Gasteiger partial charge in [-0.2, -0.15) is 5.10 Å². The first-order valence-corrected chi connectivity index (χ1v) is 14.1. The van der Waals surface area contributed by atoms with Crippen molar-refractivity contribution in [1.82, 2.24) is 19.8 Å². The van der Waals surface area contributed by atoms with Crippen LogP contribution < -0.4 is 0 Å². The molecule has 0 spiro atoms. The second kappa shape index (κ2) is 8.85. The molecule has 6 nitrogen and oxygen atoms in total. The van der Waals surface area contributed by atoms with Gasteiger partial charge in [-0.3, -0.25) is 4.79 Å². The minimum Gasteiger partial charge on any atom is -0.309 e. The summed E-state index contributed by atoms with van der Waals surface area (Å²) in [6.45, 7) is 0. The third-order valence-corrected chi connectivity index (χ3v) is 9.35. The van der Waals surface area contributed by atoms with Crippen molar-refractivity contribution < 1.29 is 4.79 Å². The molecule has 170 valence electrons. The number of allylic oxidation sites excluding steroid dienone is 1. The van der Waals surface area contributed by atoms with Crippen molar-refractivity contribution >= 4 is 52.1 Å². The lowest BCUT2D eigenvalue weighted by Gasteiger charge is -2.28. The van der Waals surface area contributed by atoms with Crippen molar-refractivity contribution in [1.29, 1.82) is 0 Å². The van der Waals surface area contributed by atoms with Crippen LogP contribution in [0.1, 0.15) is 59.6 Å². The molecule has 2 unspecified atom stereocenters.